The van der Waals surface area contributed by atoms with E-state index in [1.165, 1.54) is 6.92 Å². The summed E-state index contributed by atoms with van der Waals surface area (Å²) in [4.78, 5) is 11.5. The highest BCUT2D eigenvalue weighted by Crippen LogP contribution is 2.50. The Hall–Kier alpha value is -0.480. The van der Waals surface area contributed by atoms with Gasteiger partial charge in [-0.3, -0.25) is 9.36 Å². The molecule has 0 fully saturated rings. The van der Waals surface area contributed by atoms with Crippen molar-refractivity contribution in [3.8, 4) is 0 Å². The second kappa shape index (κ2) is 7.85. The van der Waals surface area contributed by atoms with Crippen molar-refractivity contribution in [2.75, 3.05) is 19.4 Å². The van der Waals surface area contributed by atoms with Crippen LogP contribution < -0.4 is 0 Å². The Morgan fingerprint density at radius 1 is 1.28 bits per heavy atom. The van der Waals surface area contributed by atoms with Crippen LogP contribution in [-0.2, 0) is 18.4 Å². The van der Waals surface area contributed by atoms with Crippen LogP contribution in [0.25, 0.3) is 0 Å². The van der Waals surface area contributed by atoms with Crippen molar-refractivity contribution < 1.29 is 23.5 Å². The highest BCUT2D eigenvalue weighted by molar-refractivity contribution is 7.53. The quantitative estimate of drug-likeness (QED) is 0.518. The number of hydrogen-bond acceptors (Lipinski definition) is 5. The predicted octanol–water partition coefficient (Wildman–Crippen LogP) is 2.39. The van der Waals surface area contributed by atoms with Crippen LogP contribution in [0, 0.1) is 5.92 Å². The van der Waals surface area contributed by atoms with Crippen molar-refractivity contribution in [1.82, 2.24) is 0 Å². The fraction of sp³-hybridized carbons (Fsp3) is 0.750. The second-order valence-electron chi connectivity index (χ2n) is 4.14. The zero-order valence-corrected chi connectivity index (χ0v) is 12.4. The summed E-state index contributed by atoms with van der Waals surface area (Å²) in [6.07, 6.45) is -1.16. The molecule has 0 aromatic heterocycles. The summed E-state index contributed by atoms with van der Waals surface area (Å²) in [5.41, 5.74) is 0.453. The molecule has 106 valence electrons. The number of aliphatic hydroxyl groups is 1. The molecule has 0 aliphatic heterocycles. The molecule has 0 radical (unpaired) electrons. The van der Waals surface area contributed by atoms with E-state index >= 15 is 0 Å². The van der Waals surface area contributed by atoms with E-state index in [9.17, 15) is 14.5 Å². The molecule has 0 aromatic rings. The molecule has 0 unspecified atom stereocenters. The number of carbonyl (C=O) groups excluding carboxylic acids is 1. The molecule has 0 aromatic carbocycles. The van der Waals surface area contributed by atoms with E-state index in [1.54, 1.807) is 20.8 Å². The lowest BCUT2D eigenvalue weighted by Crippen LogP contribution is -2.31. The van der Waals surface area contributed by atoms with Crippen LogP contribution in [-0.4, -0.2) is 36.4 Å². The third-order valence-electron chi connectivity index (χ3n) is 2.48. The third-order valence-corrected chi connectivity index (χ3v) is 4.62. The smallest absolute Gasteiger partial charge is 0.331 e. The second-order valence-corrected chi connectivity index (χ2v) is 6.24. The summed E-state index contributed by atoms with van der Waals surface area (Å²) in [5, 5.41) is 9.90. The minimum Gasteiger partial charge on any atom is -0.388 e. The van der Waals surface area contributed by atoms with Crippen molar-refractivity contribution in [3.63, 3.8) is 0 Å². The van der Waals surface area contributed by atoms with Gasteiger partial charge in [0.05, 0.1) is 31.4 Å². The van der Waals surface area contributed by atoms with Gasteiger partial charge in [-0.1, -0.05) is 12.2 Å². The van der Waals surface area contributed by atoms with Gasteiger partial charge in [0.1, 0.15) is 5.78 Å². The van der Waals surface area contributed by atoms with Crippen molar-refractivity contribution in [3.05, 3.63) is 12.2 Å². The molecule has 0 saturated heterocycles. The van der Waals surface area contributed by atoms with Crippen LogP contribution in [0.15, 0.2) is 12.2 Å². The highest BCUT2D eigenvalue weighted by atomic mass is 31.2. The summed E-state index contributed by atoms with van der Waals surface area (Å²) < 4.78 is 22.6. The largest absolute Gasteiger partial charge is 0.388 e. The van der Waals surface area contributed by atoms with Crippen molar-refractivity contribution in [2.24, 2.45) is 5.92 Å². The Kier molecular flexibility index (Phi) is 7.64. The lowest BCUT2D eigenvalue weighted by atomic mass is 9.96. The highest BCUT2D eigenvalue weighted by Gasteiger charge is 2.35. The first-order valence-electron chi connectivity index (χ1n) is 5.99. The average molecular weight is 278 g/mol. The van der Waals surface area contributed by atoms with Crippen molar-refractivity contribution in [2.45, 2.75) is 33.8 Å². The molecule has 0 saturated carbocycles. The van der Waals surface area contributed by atoms with E-state index in [0.29, 0.717) is 5.57 Å². The first-order chi connectivity index (χ1) is 8.27. The molecule has 6 heteroatoms. The van der Waals surface area contributed by atoms with Crippen LogP contribution in [0.3, 0.4) is 0 Å². The maximum absolute atomic E-state index is 12.3. The van der Waals surface area contributed by atoms with Crippen LogP contribution in [0.1, 0.15) is 27.7 Å². The summed E-state index contributed by atoms with van der Waals surface area (Å²) in [6, 6.07) is 0. The van der Waals surface area contributed by atoms with Gasteiger partial charge >= 0.3 is 7.60 Å². The molecule has 18 heavy (non-hydrogen) atoms. The van der Waals surface area contributed by atoms with Gasteiger partial charge in [0.25, 0.3) is 0 Å². The molecule has 0 spiro atoms. The van der Waals surface area contributed by atoms with Gasteiger partial charge in [0.15, 0.2) is 0 Å². The Labute approximate surface area is 109 Å². The van der Waals surface area contributed by atoms with E-state index in [0.717, 1.165) is 0 Å². The Bertz CT molecular complexity index is 329. The average Bonchev–Trinajstić information content (AvgIpc) is 2.25. The van der Waals surface area contributed by atoms with Gasteiger partial charge in [-0.25, -0.2) is 0 Å². The molecule has 0 bridgehead atoms. The maximum atomic E-state index is 12.3. The topological polar surface area (TPSA) is 72.8 Å². The zero-order chi connectivity index (χ0) is 14.3. The summed E-state index contributed by atoms with van der Waals surface area (Å²) >= 11 is 0. The van der Waals surface area contributed by atoms with Crippen molar-refractivity contribution in [1.29, 1.82) is 0 Å². The number of carbonyl (C=O) groups is 1. The Morgan fingerprint density at radius 3 is 2.00 bits per heavy atom. The molecule has 0 aliphatic rings. The minimum absolute atomic E-state index is 0.127. The lowest BCUT2D eigenvalue weighted by Gasteiger charge is -2.25. The number of aliphatic hydroxyl groups excluding tert-OH is 1. The summed E-state index contributed by atoms with van der Waals surface area (Å²) in [7, 11) is -3.34. The normalized spacial score (nSPS) is 15.2. The molecule has 1 N–H and O–H groups in total. The SMILES string of the molecule is C=C(C)[C@H](O)[C@H](CP(=O)(OCC)OCC)C(C)=O. The van der Waals surface area contributed by atoms with E-state index in [-0.39, 0.29) is 25.2 Å². The van der Waals surface area contributed by atoms with Gasteiger partial charge in [-0.2, -0.15) is 0 Å². The number of hydrogen-bond donors (Lipinski definition) is 1. The van der Waals surface area contributed by atoms with Crippen LogP contribution in [0.4, 0.5) is 0 Å². The number of rotatable bonds is 9. The standard InChI is InChI=1S/C12H23O5P/c1-6-16-18(15,17-7-2)8-11(10(5)13)12(14)9(3)4/h11-12,14H,3,6-8H2,1-2,4-5H3/t11-,12+/m1/s1. The van der Waals surface area contributed by atoms with E-state index in [4.69, 9.17) is 9.05 Å². The van der Waals surface area contributed by atoms with Gasteiger partial charge < -0.3 is 14.2 Å². The summed E-state index contributed by atoms with van der Waals surface area (Å²) in [5.74, 6) is -1.07. The Balaban J connectivity index is 4.99. The molecule has 2 atom stereocenters. The molecule has 5 nitrogen and oxygen atoms in total. The minimum atomic E-state index is -3.34. The van der Waals surface area contributed by atoms with Crippen LogP contribution in [0.5, 0.6) is 0 Å². The first-order valence-corrected chi connectivity index (χ1v) is 7.72. The predicted molar refractivity (Wildman–Crippen MR) is 70.7 cm³/mol. The molecular weight excluding hydrogens is 255 g/mol. The maximum Gasteiger partial charge on any atom is 0.331 e. The molecule has 0 amide bonds. The van der Waals surface area contributed by atoms with E-state index < -0.39 is 19.6 Å². The van der Waals surface area contributed by atoms with Gasteiger partial charge in [0, 0.05) is 0 Å². The molecule has 0 aliphatic carbocycles. The first kappa shape index (κ1) is 17.5. The van der Waals surface area contributed by atoms with Crippen molar-refractivity contribution >= 4 is 13.4 Å². The van der Waals surface area contributed by atoms with Gasteiger partial charge in [-0.05, 0) is 27.7 Å². The molecular formula is C12H23O5P. The fourth-order valence-electron chi connectivity index (χ4n) is 1.57. The van der Waals surface area contributed by atoms with E-state index in [1.807, 2.05) is 0 Å². The van der Waals surface area contributed by atoms with E-state index in [2.05, 4.69) is 6.58 Å². The monoisotopic (exact) mass is 278 g/mol. The summed E-state index contributed by atoms with van der Waals surface area (Å²) in [6.45, 7) is 10.4. The lowest BCUT2D eigenvalue weighted by molar-refractivity contribution is -0.122. The van der Waals surface area contributed by atoms with Gasteiger partial charge in [0.2, 0.25) is 0 Å². The third kappa shape index (κ3) is 5.44. The van der Waals surface area contributed by atoms with Crippen LogP contribution >= 0.6 is 7.60 Å². The molecule has 0 rings (SSSR count). The zero-order valence-electron chi connectivity index (χ0n) is 11.5. The van der Waals surface area contributed by atoms with Crippen LogP contribution in [0.2, 0.25) is 0 Å². The number of Topliss-reactive ketones (excluding diaryl/α,β-unsaturated/α-hetero) is 1. The molecule has 0 heterocycles. The fourth-order valence-corrected chi connectivity index (χ4v) is 3.58. The van der Waals surface area contributed by atoms with Gasteiger partial charge in [-0.15, -0.1) is 0 Å². The number of ketones is 1. The Morgan fingerprint density at radius 2 is 1.72 bits per heavy atom.